The molecular weight excluding hydrogens is 260 g/mol. The molecule has 0 heterocycles. The van der Waals surface area contributed by atoms with Gasteiger partial charge < -0.3 is 10.1 Å². The third-order valence-electron chi connectivity index (χ3n) is 3.61. The molecule has 1 rings (SSSR count). The fourth-order valence-corrected chi connectivity index (χ4v) is 2.11. The van der Waals surface area contributed by atoms with Crippen molar-refractivity contribution in [2.75, 3.05) is 26.8 Å². The maximum absolute atomic E-state index is 13.8. The summed E-state index contributed by atoms with van der Waals surface area (Å²) < 4.78 is 32.5. The molecule has 1 atom stereocenters. The minimum Gasteiger partial charge on any atom is -0.383 e. The van der Waals surface area contributed by atoms with Gasteiger partial charge >= 0.3 is 0 Å². The van der Waals surface area contributed by atoms with Gasteiger partial charge in [0.1, 0.15) is 11.6 Å². The van der Waals surface area contributed by atoms with E-state index in [1.807, 2.05) is 0 Å². The summed E-state index contributed by atoms with van der Waals surface area (Å²) in [6, 6.07) is 4.03. The zero-order valence-corrected chi connectivity index (χ0v) is 12.8. The van der Waals surface area contributed by atoms with E-state index in [-0.39, 0.29) is 16.9 Å². The van der Waals surface area contributed by atoms with Crippen LogP contribution < -0.4 is 5.32 Å². The molecule has 1 aromatic carbocycles. The average Bonchev–Trinajstić information content (AvgIpc) is 2.35. The van der Waals surface area contributed by atoms with E-state index in [0.717, 1.165) is 6.54 Å². The van der Waals surface area contributed by atoms with Crippen molar-refractivity contribution >= 4 is 0 Å². The number of ether oxygens (including phenoxy) is 1. The van der Waals surface area contributed by atoms with Gasteiger partial charge in [0.2, 0.25) is 0 Å². The lowest BCUT2D eigenvalue weighted by atomic mass is 9.77. The third kappa shape index (κ3) is 5.17. The number of hydrogen-bond donors (Lipinski definition) is 1. The highest BCUT2D eigenvalue weighted by molar-refractivity contribution is 5.20. The SMILES string of the molecule is COCCNCC(Cc1c(F)cccc1F)C(C)(C)C. The van der Waals surface area contributed by atoms with E-state index in [9.17, 15) is 8.78 Å². The van der Waals surface area contributed by atoms with Crippen LogP contribution in [0.25, 0.3) is 0 Å². The summed E-state index contributed by atoms with van der Waals surface area (Å²) in [5.74, 6) is -0.780. The molecular formula is C16H25F2NO. The molecule has 114 valence electrons. The van der Waals surface area contributed by atoms with E-state index < -0.39 is 11.6 Å². The Kier molecular flexibility index (Phi) is 6.56. The summed E-state index contributed by atoms with van der Waals surface area (Å²) in [6.07, 6.45) is 0.391. The Bertz CT molecular complexity index is 395. The van der Waals surface area contributed by atoms with Crippen LogP contribution in [0.1, 0.15) is 26.3 Å². The highest BCUT2D eigenvalue weighted by Gasteiger charge is 2.26. The van der Waals surface area contributed by atoms with E-state index >= 15 is 0 Å². The molecule has 0 aromatic heterocycles. The van der Waals surface area contributed by atoms with Gasteiger partial charge in [-0.1, -0.05) is 26.8 Å². The first-order valence-corrected chi connectivity index (χ1v) is 6.98. The zero-order chi connectivity index (χ0) is 15.2. The van der Waals surface area contributed by atoms with E-state index in [2.05, 4.69) is 26.1 Å². The minimum atomic E-state index is -0.462. The Morgan fingerprint density at radius 2 is 1.80 bits per heavy atom. The minimum absolute atomic E-state index is 0.0329. The highest BCUT2D eigenvalue weighted by Crippen LogP contribution is 2.30. The van der Waals surface area contributed by atoms with Crippen LogP contribution in [0.4, 0.5) is 8.78 Å². The van der Waals surface area contributed by atoms with Crippen LogP contribution in [0.15, 0.2) is 18.2 Å². The molecule has 0 saturated heterocycles. The second-order valence-electron chi connectivity index (χ2n) is 6.16. The first-order chi connectivity index (χ1) is 9.36. The molecule has 0 fully saturated rings. The van der Waals surface area contributed by atoms with Gasteiger partial charge in [0, 0.05) is 19.2 Å². The zero-order valence-electron chi connectivity index (χ0n) is 12.8. The summed E-state index contributed by atoms with van der Waals surface area (Å²) in [5.41, 5.74) is 0.149. The molecule has 0 spiro atoms. The molecule has 1 N–H and O–H groups in total. The maximum Gasteiger partial charge on any atom is 0.129 e. The maximum atomic E-state index is 13.8. The lowest BCUT2D eigenvalue weighted by Crippen LogP contribution is -2.35. The first-order valence-electron chi connectivity index (χ1n) is 6.98. The quantitative estimate of drug-likeness (QED) is 0.775. The van der Waals surface area contributed by atoms with Crippen molar-refractivity contribution in [2.24, 2.45) is 11.3 Å². The molecule has 1 aromatic rings. The summed E-state index contributed by atoms with van der Waals surface area (Å²) in [5, 5.41) is 3.28. The van der Waals surface area contributed by atoms with E-state index in [0.29, 0.717) is 19.6 Å². The Hall–Kier alpha value is -1.00. The van der Waals surface area contributed by atoms with Gasteiger partial charge in [-0.3, -0.25) is 0 Å². The molecule has 0 aliphatic rings. The van der Waals surface area contributed by atoms with Gasteiger partial charge in [0.25, 0.3) is 0 Å². The number of rotatable bonds is 7. The van der Waals surface area contributed by atoms with Crippen molar-refractivity contribution < 1.29 is 13.5 Å². The molecule has 0 bridgehead atoms. The van der Waals surface area contributed by atoms with Crippen LogP contribution in [0.2, 0.25) is 0 Å². The van der Waals surface area contributed by atoms with Crippen LogP contribution in [0, 0.1) is 23.0 Å². The van der Waals surface area contributed by atoms with Gasteiger partial charge in [-0.05, 0) is 36.4 Å². The molecule has 4 heteroatoms. The predicted molar refractivity (Wildman–Crippen MR) is 77.8 cm³/mol. The predicted octanol–water partition coefficient (Wildman–Crippen LogP) is 3.41. The molecule has 20 heavy (non-hydrogen) atoms. The summed E-state index contributed by atoms with van der Waals surface area (Å²) >= 11 is 0. The van der Waals surface area contributed by atoms with Gasteiger partial charge in [-0.25, -0.2) is 8.78 Å². The lowest BCUT2D eigenvalue weighted by molar-refractivity contribution is 0.185. The molecule has 2 nitrogen and oxygen atoms in total. The topological polar surface area (TPSA) is 21.3 Å². The average molecular weight is 285 g/mol. The van der Waals surface area contributed by atoms with Gasteiger partial charge in [0.05, 0.1) is 6.61 Å². The molecule has 0 amide bonds. The van der Waals surface area contributed by atoms with Crippen LogP contribution in [-0.2, 0) is 11.2 Å². The Labute approximate surface area is 120 Å². The monoisotopic (exact) mass is 285 g/mol. The van der Waals surface area contributed by atoms with Crippen LogP contribution in [0.3, 0.4) is 0 Å². The standard InChI is InChI=1S/C16H25F2NO/c1-16(2,3)12(11-19-8-9-20-4)10-13-14(17)6-5-7-15(13)18/h5-7,12,19H,8-11H2,1-4H3. The number of hydrogen-bond acceptors (Lipinski definition) is 2. The molecule has 1 unspecified atom stereocenters. The van der Waals surface area contributed by atoms with E-state index in [1.165, 1.54) is 18.2 Å². The van der Waals surface area contributed by atoms with E-state index in [1.54, 1.807) is 7.11 Å². The van der Waals surface area contributed by atoms with Gasteiger partial charge in [0.15, 0.2) is 0 Å². The lowest BCUT2D eigenvalue weighted by Gasteiger charge is -2.31. The fourth-order valence-electron chi connectivity index (χ4n) is 2.11. The van der Waals surface area contributed by atoms with Crippen molar-refractivity contribution in [3.05, 3.63) is 35.4 Å². The summed E-state index contributed by atoms with van der Waals surface area (Å²) in [4.78, 5) is 0. The Morgan fingerprint density at radius 1 is 1.20 bits per heavy atom. The van der Waals surface area contributed by atoms with Crippen molar-refractivity contribution in [3.63, 3.8) is 0 Å². The molecule has 0 aliphatic heterocycles. The van der Waals surface area contributed by atoms with Crippen LogP contribution in [0.5, 0.6) is 0 Å². The number of methoxy groups -OCH3 is 1. The highest BCUT2D eigenvalue weighted by atomic mass is 19.1. The molecule has 0 aliphatic carbocycles. The van der Waals surface area contributed by atoms with Crippen molar-refractivity contribution in [2.45, 2.75) is 27.2 Å². The largest absolute Gasteiger partial charge is 0.383 e. The second-order valence-corrected chi connectivity index (χ2v) is 6.16. The third-order valence-corrected chi connectivity index (χ3v) is 3.61. The number of halogens is 2. The molecule has 0 saturated carbocycles. The van der Waals surface area contributed by atoms with Gasteiger partial charge in [-0.15, -0.1) is 0 Å². The molecule has 0 radical (unpaired) electrons. The Morgan fingerprint density at radius 3 is 2.30 bits per heavy atom. The van der Waals surface area contributed by atoms with E-state index in [4.69, 9.17) is 4.74 Å². The van der Waals surface area contributed by atoms with Crippen LogP contribution >= 0.6 is 0 Å². The van der Waals surface area contributed by atoms with Gasteiger partial charge in [-0.2, -0.15) is 0 Å². The Balaban J connectivity index is 2.75. The first kappa shape index (κ1) is 17.1. The summed E-state index contributed by atoms with van der Waals surface area (Å²) in [6.45, 7) is 8.35. The number of nitrogens with one attached hydrogen (secondary N) is 1. The second kappa shape index (κ2) is 7.70. The number of benzene rings is 1. The van der Waals surface area contributed by atoms with Crippen molar-refractivity contribution in [1.29, 1.82) is 0 Å². The van der Waals surface area contributed by atoms with Crippen molar-refractivity contribution in [1.82, 2.24) is 5.32 Å². The smallest absolute Gasteiger partial charge is 0.129 e. The van der Waals surface area contributed by atoms with Crippen LogP contribution in [-0.4, -0.2) is 26.8 Å². The summed E-state index contributed by atoms with van der Waals surface area (Å²) in [7, 11) is 1.65. The van der Waals surface area contributed by atoms with Crippen molar-refractivity contribution in [3.8, 4) is 0 Å². The normalized spacial score (nSPS) is 13.5. The fraction of sp³-hybridized carbons (Fsp3) is 0.625.